The van der Waals surface area contributed by atoms with E-state index in [1.165, 1.54) is 0 Å². The molecule has 4 nitrogen and oxygen atoms in total. The zero-order valence-corrected chi connectivity index (χ0v) is 13.2. The van der Waals surface area contributed by atoms with Crippen LogP contribution in [-0.4, -0.2) is 22.6 Å². The van der Waals surface area contributed by atoms with E-state index in [-0.39, 0.29) is 0 Å². The van der Waals surface area contributed by atoms with Crippen molar-refractivity contribution in [3.63, 3.8) is 0 Å². The Morgan fingerprint density at radius 3 is 2.50 bits per heavy atom. The average molecular weight is 315 g/mol. The maximum absolute atomic E-state index is 4.29. The van der Waals surface area contributed by atoms with Gasteiger partial charge in [0.15, 0.2) is 0 Å². The maximum atomic E-state index is 4.29. The van der Waals surface area contributed by atoms with Gasteiger partial charge >= 0.3 is 0 Å². The predicted octanol–water partition coefficient (Wildman–Crippen LogP) is 3.91. The first-order valence-electron chi connectivity index (χ1n) is 6.55. The summed E-state index contributed by atoms with van der Waals surface area (Å²) in [5.41, 5.74) is 0. The SMILES string of the molecule is CCCNc1ncnc(NC(C)CC(C)C)c1Br. The summed E-state index contributed by atoms with van der Waals surface area (Å²) in [5, 5.41) is 6.70. The molecule has 18 heavy (non-hydrogen) atoms. The van der Waals surface area contributed by atoms with Crippen LogP contribution in [0.2, 0.25) is 0 Å². The Kier molecular flexibility index (Phi) is 6.39. The van der Waals surface area contributed by atoms with Crippen molar-refractivity contribution in [3.05, 3.63) is 10.8 Å². The molecule has 1 rings (SSSR count). The molecule has 0 spiro atoms. The van der Waals surface area contributed by atoms with Crippen LogP contribution >= 0.6 is 15.9 Å². The molecule has 0 amide bonds. The number of halogens is 1. The molecule has 102 valence electrons. The average Bonchev–Trinajstić information content (AvgIpc) is 2.29. The summed E-state index contributed by atoms with van der Waals surface area (Å²) >= 11 is 3.56. The van der Waals surface area contributed by atoms with Gasteiger partial charge in [-0.05, 0) is 41.6 Å². The standard InChI is InChI=1S/C13H23BrN4/c1-5-6-15-12-11(14)13(17-8-16-12)18-10(4)7-9(2)3/h8-10H,5-7H2,1-4H3,(H2,15,16,17,18). The minimum absolute atomic E-state index is 0.398. The fourth-order valence-electron chi connectivity index (χ4n) is 1.84. The molecule has 0 radical (unpaired) electrons. The molecule has 1 atom stereocenters. The maximum Gasteiger partial charge on any atom is 0.146 e. The van der Waals surface area contributed by atoms with E-state index in [1.54, 1.807) is 6.33 Å². The van der Waals surface area contributed by atoms with Crippen LogP contribution in [0.15, 0.2) is 10.8 Å². The lowest BCUT2D eigenvalue weighted by Gasteiger charge is -2.18. The summed E-state index contributed by atoms with van der Waals surface area (Å²) in [6.07, 6.45) is 3.78. The molecule has 0 aliphatic carbocycles. The van der Waals surface area contributed by atoms with Crippen LogP contribution in [0.5, 0.6) is 0 Å². The van der Waals surface area contributed by atoms with Gasteiger partial charge in [0.1, 0.15) is 22.4 Å². The van der Waals surface area contributed by atoms with Crippen molar-refractivity contribution in [1.82, 2.24) is 9.97 Å². The van der Waals surface area contributed by atoms with Crippen molar-refractivity contribution < 1.29 is 0 Å². The number of nitrogens with one attached hydrogen (secondary N) is 2. The third kappa shape index (κ3) is 4.80. The Labute approximate surface area is 118 Å². The molecule has 2 N–H and O–H groups in total. The van der Waals surface area contributed by atoms with Crippen molar-refractivity contribution in [1.29, 1.82) is 0 Å². The third-order valence-corrected chi connectivity index (χ3v) is 3.29. The lowest BCUT2D eigenvalue weighted by Crippen LogP contribution is -2.19. The number of hydrogen-bond acceptors (Lipinski definition) is 4. The Hall–Kier alpha value is -0.840. The Bertz CT molecular complexity index is 368. The first kappa shape index (κ1) is 15.2. The van der Waals surface area contributed by atoms with Gasteiger partial charge in [-0.2, -0.15) is 0 Å². The second-order valence-corrected chi connectivity index (χ2v) is 5.78. The lowest BCUT2D eigenvalue weighted by molar-refractivity contribution is 0.538. The van der Waals surface area contributed by atoms with Crippen LogP contribution in [0, 0.1) is 5.92 Å². The van der Waals surface area contributed by atoms with Crippen LogP contribution < -0.4 is 10.6 Å². The summed E-state index contributed by atoms with van der Waals surface area (Å²) in [6.45, 7) is 9.67. The normalized spacial score (nSPS) is 12.6. The number of anilines is 2. The molecule has 1 aromatic rings. The van der Waals surface area contributed by atoms with Crippen molar-refractivity contribution in [2.45, 2.75) is 46.6 Å². The topological polar surface area (TPSA) is 49.8 Å². The first-order valence-corrected chi connectivity index (χ1v) is 7.34. The second kappa shape index (κ2) is 7.56. The van der Waals surface area contributed by atoms with Crippen molar-refractivity contribution in [2.75, 3.05) is 17.2 Å². The minimum atomic E-state index is 0.398. The molecule has 0 saturated carbocycles. The molecule has 0 bridgehead atoms. The molecule has 0 aliphatic rings. The monoisotopic (exact) mass is 314 g/mol. The fourth-order valence-corrected chi connectivity index (χ4v) is 2.30. The zero-order valence-electron chi connectivity index (χ0n) is 11.6. The number of hydrogen-bond donors (Lipinski definition) is 2. The van der Waals surface area contributed by atoms with Crippen molar-refractivity contribution >= 4 is 27.6 Å². The van der Waals surface area contributed by atoms with Crippen LogP contribution in [-0.2, 0) is 0 Å². The highest BCUT2D eigenvalue weighted by Gasteiger charge is 2.11. The van der Waals surface area contributed by atoms with Gasteiger partial charge < -0.3 is 10.6 Å². The largest absolute Gasteiger partial charge is 0.369 e. The van der Waals surface area contributed by atoms with E-state index >= 15 is 0 Å². The van der Waals surface area contributed by atoms with E-state index < -0.39 is 0 Å². The zero-order chi connectivity index (χ0) is 13.5. The van der Waals surface area contributed by atoms with Gasteiger partial charge in [0.2, 0.25) is 0 Å². The van der Waals surface area contributed by atoms with Gasteiger partial charge in [-0.25, -0.2) is 9.97 Å². The molecule has 0 aliphatic heterocycles. The Balaban J connectivity index is 2.70. The van der Waals surface area contributed by atoms with Crippen LogP contribution in [0.1, 0.15) is 40.5 Å². The summed E-state index contributed by atoms with van der Waals surface area (Å²) in [5.74, 6) is 2.38. The van der Waals surface area contributed by atoms with E-state index in [0.29, 0.717) is 12.0 Å². The van der Waals surface area contributed by atoms with Gasteiger partial charge in [-0.3, -0.25) is 0 Å². The summed E-state index contributed by atoms with van der Waals surface area (Å²) in [7, 11) is 0. The van der Waals surface area contributed by atoms with Crippen LogP contribution in [0.4, 0.5) is 11.6 Å². The van der Waals surface area contributed by atoms with Gasteiger partial charge in [0.05, 0.1) is 0 Å². The van der Waals surface area contributed by atoms with Crippen molar-refractivity contribution in [3.8, 4) is 0 Å². The molecule has 0 fully saturated rings. The first-order chi connectivity index (χ1) is 8.54. The van der Waals surface area contributed by atoms with E-state index in [2.05, 4.69) is 64.2 Å². The smallest absolute Gasteiger partial charge is 0.146 e. The Morgan fingerprint density at radius 2 is 1.89 bits per heavy atom. The molecule has 0 saturated heterocycles. The second-order valence-electron chi connectivity index (χ2n) is 4.99. The summed E-state index contributed by atoms with van der Waals surface area (Å²) in [6, 6.07) is 0.398. The molecule has 1 unspecified atom stereocenters. The lowest BCUT2D eigenvalue weighted by atomic mass is 10.1. The highest BCUT2D eigenvalue weighted by Crippen LogP contribution is 2.27. The van der Waals surface area contributed by atoms with Crippen molar-refractivity contribution in [2.24, 2.45) is 5.92 Å². The summed E-state index contributed by atoms with van der Waals surface area (Å²) in [4.78, 5) is 8.52. The van der Waals surface area contributed by atoms with E-state index in [9.17, 15) is 0 Å². The number of nitrogens with zero attached hydrogens (tertiary/aromatic N) is 2. The van der Waals surface area contributed by atoms with Gasteiger partial charge in [-0.1, -0.05) is 20.8 Å². The molecule has 0 aromatic carbocycles. The molecule has 1 aromatic heterocycles. The fraction of sp³-hybridized carbons (Fsp3) is 0.692. The van der Waals surface area contributed by atoms with Crippen LogP contribution in [0.25, 0.3) is 0 Å². The Morgan fingerprint density at radius 1 is 1.22 bits per heavy atom. The van der Waals surface area contributed by atoms with Gasteiger partial charge in [-0.15, -0.1) is 0 Å². The highest BCUT2D eigenvalue weighted by molar-refractivity contribution is 9.10. The molecule has 5 heteroatoms. The van der Waals surface area contributed by atoms with E-state index in [4.69, 9.17) is 0 Å². The van der Waals surface area contributed by atoms with E-state index in [0.717, 1.165) is 35.5 Å². The third-order valence-electron chi connectivity index (χ3n) is 2.54. The predicted molar refractivity (Wildman–Crippen MR) is 81.1 cm³/mol. The van der Waals surface area contributed by atoms with Gasteiger partial charge in [0.25, 0.3) is 0 Å². The quantitative estimate of drug-likeness (QED) is 0.801. The highest BCUT2D eigenvalue weighted by atomic mass is 79.9. The van der Waals surface area contributed by atoms with Gasteiger partial charge in [0, 0.05) is 12.6 Å². The minimum Gasteiger partial charge on any atom is -0.369 e. The number of aromatic nitrogens is 2. The molecule has 1 heterocycles. The van der Waals surface area contributed by atoms with Crippen LogP contribution in [0.3, 0.4) is 0 Å². The molecular weight excluding hydrogens is 292 g/mol. The number of rotatable bonds is 7. The molecular formula is C13H23BrN4. The summed E-state index contributed by atoms with van der Waals surface area (Å²) < 4.78 is 0.911. The van der Waals surface area contributed by atoms with E-state index in [1.807, 2.05) is 0 Å².